The third-order valence-electron chi connectivity index (χ3n) is 3.20. The Balaban J connectivity index is 2.09. The summed E-state index contributed by atoms with van der Waals surface area (Å²) in [5, 5.41) is 5.12. The summed E-state index contributed by atoms with van der Waals surface area (Å²) < 4.78 is 3.93. The van der Waals surface area contributed by atoms with E-state index in [9.17, 15) is 0 Å². The molecule has 4 nitrogen and oxygen atoms in total. The molecule has 0 aliphatic heterocycles. The molecular formula is C14H14Cl2N4. The second-order valence-electron chi connectivity index (χ2n) is 4.67. The second kappa shape index (κ2) is 5.46. The van der Waals surface area contributed by atoms with Crippen molar-refractivity contribution in [3.8, 4) is 0 Å². The molecule has 0 fully saturated rings. The largest absolute Gasteiger partial charge is 0.322 e. The Kier molecular flexibility index (Phi) is 3.68. The Bertz CT molecular complexity index is 745. The highest BCUT2D eigenvalue weighted by Gasteiger charge is 2.12. The molecule has 2 heterocycles. The SMILES string of the molecule is Cn1ccc(Cn2c(CCCl)nc3ccc(Cl)cc32)n1. The summed E-state index contributed by atoms with van der Waals surface area (Å²) in [6.07, 6.45) is 2.66. The van der Waals surface area contributed by atoms with Gasteiger partial charge in [0.15, 0.2) is 0 Å². The molecule has 0 amide bonds. The fourth-order valence-corrected chi connectivity index (χ4v) is 2.64. The second-order valence-corrected chi connectivity index (χ2v) is 5.48. The van der Waals surface area contributed by atoms with Gasteiger partial charge < -0.3 is 4.57 Å². The number of imidazole rings is 1. The van der Waals surface area contributed by atoms with Crippen molar-refractivity contribution in [2.75, 3.05) is 5.88 Å². The summed E-state index contributed by atoms with van der Waals surface area (Å²) in [7, 11) is 1.91. The Morgan fingerprint density at radius 3 is 2.80 bits per heavy atom. The molecule has 0 unspecified atom stereocenters. The molecule has 3 aromatic rings. The lowest BCUT2D eigenvalue weighted by molar-refractivity contribution is 0.694. The topological polar surface area (TPSA) is 35.6 Å². The lowest BCUT2D eigenvalue weighted by atomic mass is 10.3. The average molecular weight is 309 g/mol. The van der Waals surface area contributed by atoms with Gasteiger partial charge in [0.05, 0.1) is 23.3 Å². The van der Waals surface area contributed by atoms with Crippen molar-refractivity contribution in [3.05, 3.63) is 47.0 Å². The van der Waals surface area contributed by atoms with Crippen molar-refractivity contribution in [1.82, 2.24) is 19.3 Å². The molecule has 0 aliphatic carbocycles. The van der Waals surface area contributed by atoms with Crippen molar-refractivity contribution in [2.45, 2.75) is 13.0 Å². The first-order chi connectivity index (χ1) is 9.67. The van der Waals surface area contributed by atoms with Crippen LogP contribution in [0.5, 0.6) is 0 Å². The third-order valence-corrected chi connectivity index (χ3v) is 3.62. The van der Waals surface area contributed by atoms with Crippen molar-refractivity contribution in [2.24, 2.45) is 7.05 Å². The van der Waals surface area contributed by atoms with E-state index in [2.05, 4.69) is 14.6 Å². The molecule has 104 valence electrons. The number of nitrogens with zero attached hydrogens (tertiary/aromatic N) is 4. The van der Waals surface area contributed by atoms with E-state index >= 15 is 0 Å². The third kappa shape index (κ3) is 2.53. The molecule has 2 aromatic heterocycles. The van der Waals surface area contributed by atoms with Gasteiger partial charge in [0.25, 0.3) is 0 Å². The molecule has 1 aromatic carbocycles. The van der Waals surface area contributed by atoms with Gasteiger partial charge in [-0.1, -0.05) is 11.6 Å². The van der Waals surface area contributed by atoms with Gasteiger partial charge in [-0.2, -0.15) is 5.10 Å². The van der Waals surface area contributed by atoms with Crippen LogP contribution in [0, 0.1) is 0 Å². The fourth-order valence-electron chi connectivity index (χ4n) is 2.31. The molecule has 0 aliphatic rings. The van der Waals surface area contributed by atoms with Gasteiger partial charge in [-0.3, -0.25) is 4.68 Å². The predicted octanol–water partition coefficient (Wildman–Crippen LogP) is 3.25. The molecule has 3 rings (SSSR count). The zero-order chi connectivity index (χ0) is 14.1. The number of benzene rings is 1. The smallest absolute Gasteiger partial charge is 0.111 e. The number of hydrogen-bond donors (Lipinski definition) is 0. The molecule has 20 heavy (non-hydrogen) atoms. The normalized spacial score (nSPS) is 11.3. The molecule has 0 atom stereocenters. The number of hydrogen-bond acceptors (Lipinski definition) is 2. The number of alkyl halides is 1. The maximum atomic E-state index is 6.10. The van der Waals surface area contributed by atoms with E-state index < -0.39 is 0 Å². The van der Waals surface area contributed by atoms with Gasteiger partial charge >= 0.3 is 0 Å². The number of rotatable bonds is 4. The first-order valence-corrected chi connectivity index (χ1v) is 7.28. The van der Waals surface area contributed by atoms with Crippen LogP contribution in [0.3, 0.4) is 0 Å². The minimum atomic E-state index is 0.541. The summed E-state index contributed by atoms with van der Waals surface area (Å²) in [5.41, 5.74) is 2.94. The van der Waals surface area contributed by atoms with Crippen molar-refractivity contribution in [1.29, 1.82) is 0 Å². The van der Waals surface area contributed by atoms with Gasteiger partial charge in [0.2, 0.25) is 0 Å². The highest BCUT2D eigenvalue weighted by molar-refractivity contribution is 6.31. The van der Waals surface area contributed by atoms with Crippen LogP contribution in [0.4, 0.5) is 0 Å². The summed E-state index contributed by atoms with van der Waals surface area (Å²) in [6, 6.07) is 7.72. The average Bonchev–Trinajstić information content (AvgIpc) is 2.96. The minimum absolute atomic E-state index is 0.541. The van der Waals surface area contributed by atoms with E-state index in [1.54, 1.807) is 4.68 Å². The molecule has 0 saturated heterocycles. The number of aromatic nitrogens is 4. The molecule has 0 radical (unpaired) electrons. The summed E-state index contributed by atoms with van der Waals surface area (Å²) in [5.74, 6) is 1.50. The van der Waals surface area contributed by atoms with Crippen LogP contribution in [0.1, 0.15) is 11.5 Å². The van der Waals surface area contributed by atoms with E-state index in [-0.39, 0.29) is 0 Å². The lowest BCUT2D eigenvalue weighted by Gasteiger charge is -2.06. The highest BCUT2D eigenvalue weighted by atomic mass is 35.5. The van der Waals surface area contributed by atoms with E-state index in [0.29, 0.717) is 17.4 Å². The van der Waals surface area contributed by atoms with Gasteiger partial charge in [0.1, 0.15) is 5.82 Å². The van der Waals surface area contributed by atoms with Crippen LogP contribution >= 0.6 is 23.2 Å². The van der Waals surface area contributed by atoms with Crippen LogP contribution in [0.2, 0.25) is 5.02 Å². The maximum absolute atomic E-state index is 6.10. The lowest BCUT2D eigenvalue weighted by Crippen LogP contribution is -2.07. The summed E-state index contributed by atoms with van der Waals surface area (Å²) in [4.78, 5) is 4.63. The Morgan fingerprint density at radius 2 is 2.10 bits per heavy atom. The van der Waals surface area contributed by atoms with Gasteiger partial charge in [-0.05, 0) is 24.3 Å². The van der Waals surface area contributed by atoms with Gasteiger partial charge in [-0.15, -0.1) is 11.6 Å². The molecule has 0 N–H and O–H groups in total. The maximum Gasteiger partial charge on any atom is 0.111 e. The molecule has 0 saturated carbocycles. The van der Waals surface area contributed by atoms with E-state index in [1.165, 1.54) is 0 Å². The zero-order valence-electron chi connectivity index (χ0n) is 11.1. The number of aryl methyl sites for hydroxylation is 2. The van der Waals surface area contributed by atoms with Crippen LogP contribution in [-0.2, 0) is 20.0 Å². The van der Waals surface area contributed by atoms with Crippen LogP contribution < -0.4 is 0 Å². The summed E-state index contributed by atoms with van der Waals surface area (Å²) >= 11 is 12.0. The highest BCUT2D eigenvalue weighted by Crippen LogP contribution is 2.22. The van der Waals surface area contributed by atoms with E-state index in [4.69, 9.17) is 23.2 Å². The minimum Gasteiger partial charge on any atom is -0.322 e. The van der Waals surface area contributed by atoms with Crippen molar-refractivity contribution < 1.29 is 0 Å². The van der Waals surface area contributed by atoms with Crippen molar-refractivity contribution >= 4 is 34.2 Å². The molecule has 6 heteroatoms. The van der Waals surface area contributed by atoms with E-state index in [1.807, 2.05) is 37.5 Å². The zero-order valence-corrected chi connectivity index (χ0v) is 12.6. The standard InChI is InChI=1S/C14H14Cl2N4/c1-19-7-5-11(18-19)9-20-13-8-10(16)2-3-12(13)17-14(20)4-6-15/h2-3,5,7-8H,4,6,9H2,1H3. The first kappa shape index (κ1) is 13.5. The summed E-state index contributed by atoms with van der Waals surface area (Å²) in [6.45, 7) is 0.671. The monoisotopic (exact) mass is 308 g/mol. The molecule has 0 bridgehead atoms. The predicted molar refractivity (Wildman–Crippen MR) is 81.5 cm³/mol. The Labute approximate surface area is 126 Å². The first-order valence-electron chi connectivity index (χ1n) is 6.36. The molecular weight excluding hydrogens is 295 g/mol. The Hall–Kier alpha value is -1.52. The number of fused-ring (bicyclic) bond motifs is 1. The van der Waals surface area contributed by atoms with Gasteiger partial charge in [-0.25, -0.2) is 4.98 Å². The number of halogens is 2. The van der Waals surface area contributed by atoms with E-state index in [0.717, 1.165) is 29.0 Å². The van der Waals surface area contributed by atoms with Crippen molar-refractivity contribution in [3.63, 3.8) is 0 Å². The quantitative estimate of drug-likeness (QED) is 0.694. The van der Waals surface area contributed by atoms with Crippen LogP contribution in [0.15, 0.2) is 30.5 Å². The fraction of sp³-hybridized carbons (Fsp3) is 0.286. The van der Waals surface area contributed by atoms with Crippen LogP contribution in [0.25, 0.3) is 11.0 Å². The Morgan fingerprint density at radius 1 is 1.25 bits per heavy atom. The van der Waals surface area contributed by atoms with Crippen LogP contribution in [-0.4, -0.2) is 25.2 Å². The van der Waals surface area contributed by atoms with Gasteiger partial charge in [0, 0.05) is 30.6 Å². The molecule has 0 spiro atoms.